The van der Waals surface area contributed by atoms with E-state index in [1.165, 1.54) is 0 Å². The van der Waals surface area contributed by atoms with Crippen LogP contribution in [0.25, 0.3) is 0 Å². The van der Waals surface area contributed by atoms with Crippen molar-refractivity contribution in [2.24, 2.45) is 5.92 Å². The van der Waals surface area contributed by atoms with Gasteiger partial charge in [0.25, 0.3) is 11.1 Å². The molecule has 0 spiro atoms. The number of carbonyl (C=O) groups is 1. The first-order valence-corrected chi connectivity index (χ1v) is 11.9. The Hall–Kier alpha value is -3.33. The largest absolute Gasteiger partial charge is 0.493 e. The average molecular weight is 465 g/mol. The summed E-state index contributed by atoms with van der Waals surface area (Å²) in [5.74, 6) is 0.162. The molecule has 2 atom stereocenters. The summed E-state index contributed by atoms with van der Waals surface area (Å²) in [5, 5.41) is 10.5. The third-order valence-corrected chi connectivity index (χ3v) is 7.22. The van der Waals surface area contributed by atoms with Crippen LogP contribution in [0.4, 0.5) is 0 Å². The fourth-order valence-electron chi connectivity index (χ4n) is 4.81. The van der Waals surface area contributed by atoms with Gasteiger partial charge in [-0.25, -0.2) is 0 Å². The maximum absolute atomic E-state index is 12.9. The number of nitrogens with one attached hydrogen (secondary N) is 1. The summed E-state index contributed by atoms with van der Waals surface area (Å²) in [6, 6.07) is 14.7. The number of amides is 1. The van der Waals surface area contributed by atoms with E-state index in [1.807, 2.05) is 45.9 Å². The van der Waals surface area contributed by atoms with E-state index in [2.05, 4.69) is 9.97 Å². The highest BCUT2D eigenvalue weighted by atomic mass is 32.2. The van der Waals surface area contributed by atoms with E-state index in [-0.39, 0.29) is 52.1 Å². The number of pyridine rings is 1. The number of H-pyrrole nitrogens is 1. The molecule has 170 valence electrons. The van der Waals surface area contributed by atoms with Crippen LogP contribution in [0, 0.1) is 5.92 Å². The predicted octanol–water partition coefficient (Wildman–Crippen LogP) is 1.97. The first kappa shape index (κ1) is 21.5. The molecule has 0 aliphatic carbocycles. The van der Waals surface area contributed by atoms with Crippen LogP contribution < -0.4 is 11.1 Å². The molecule has 4 heterocycles. The van der Waals surface area contributed by atoms with Gasteiger partial charge < -0.3 is 19.6 Å². The molecule has 2 aliphatic rings. The second kappa shape index (κ2) is 8.90. The number of benzene rings is 1. The number of rotatable bonds is 5. The minimum Gasteiger partial charge on any atom is -0.493 e. The van der Waals surface area contributed by atoms with E-state index in [0.29, 0.717) is 19.6 Å². The van der Waals surface area contributed by atoms with Crippen LogP contribution in [0.3, 0.4) is 0 Å². The summed E-state index contributed by atoms with van der Waals surface area (Å²) in [6.45, 7) is 1.82. The van der Waals surface area contributed by atoms with Crippen molar-refractivity contribution < 1.29 is 9.90 Å². The number of nitrogens with zero attached hydrogens (tertiary/aromatic N) is 3. The normalized spacial score (nSPS) is 19.2. The Kier molecular flexibility index (Phi) is 5.80. The number of aromatic hydroxyl groups is 1. The zero-order valence-corrected chi connectivity index (χ0v) is 18.8. The number of aromatic amines is 1. The van der Waals surface area contributed by atoms with Gasteiger partial charge in [0.05, 0.1) is 11.3 Å². The first-order chi connectivity index (χ1) is 16.0. The lowest BCUT2D eigenvalue weighted by Crippen LogP contribution is -2.49. The quantitative estimate of drug-likeness (QED) is 0.442. The molecule has 2 aromatic heterocycles. The lowest BCUT2D eigenvalue weighted by molar-refractivity contribution is -0.131. The maximum atomic E-state index is 12.9. The molecule has 1 aromatic carbocycles. The van der Waals surface area contributed by atoms with Gasteiger partial charge in [0.15, 0.2) is 5.16 Å². The number of hydrogen-bond acceptors (Lipinski definition) is 6. The number of carbonyl (C=O) groups excluding carboxylic acids is 1. The molecule has 1 saturated heterocycles. The summed E-state index contributed by atoms with van der Waals surface area (Å²) in [4.78, 5) is 46.2. The van der Waals surface area contributed by atoms with Crippen LogP contribution in [-0.4, -0.2) is 49.3 Å². The topological polar surface area (TPSA) is 108 Å². The van der Waals surface area contributed by atoms with E-state index < -0.39 is 5.56 Å². The monoisotopic (exact) mass is 464 g/mol. The van der Waals surface area contributed by atoms with Crippen LogP contribution in [0.2, 0.25) is 0 Å². The molecule has 33 heavy (non-hydrogen) atoms. The van der Waals surface area contributed by atoms with Crippen molar-refractivity contribution in [2.75, 3.05) is 18.8 Å². The number of hydrogen-bond donors (Lipinski definition) is 2. The van der Waals surface area contributed by atoms with E-state index in [1.54, 1.807) is 12.1 Å². The van der Waals surface area contributed by atoms with Gasteiger partial charge in [-0.1, -0.05) is 48.2 Å². The van der Waals surface area contributed by atoms with Gasteiger partial charge in [-0.2, -0.15) is 4.98 Å². The molecule has 2 aliphatic heterocycles. The smallest absolute Gasteiger partial charge is 0.258 e. The SMILES string of the molecule is O=C(CSc1nc(O)c(Cc2ccccc2)c(=O)[nH]1)N1C[C@@H]2C[C@H](C1)c1cccc(=O)n1C2. The minimum absolute atomic E-state index is 0.0167. The molecule has 9 heteroatoms. The third-order valence-electron chi connectivity index (χ3n) is 6.36. The molecule has 3 aromatic rings. The summed E-state index contributed by atoms with van der Waals surface area (Å²) in [6.07, 6.45) is 1.26. The molecule has 2 N–H and O–H groups in total. The van der Waals surface area contributed by atoms with E-state index in [4.69, 9.17) is 0 Å². The number of piperidine rings is 1. The Morgan fingerprint density at radius 3 is 2.70 bits per heavy atom. The summed E-state index contributed by atoms with van der Waals surface area (Å²) in [5.41, 5.74) is 1.71. The van der Waals surface area contributed by atoms with Gasteiger partial charge in [0.1, 0.15) is 0 Å². The summed E-state index contributed by atoms with van der Waals surface area (Å²) in [7, 11) is 0. The van der Waals surface area contributed by atoms with Crippen molar-refractivity contribution in [1.82, 2.24) is 19.4 Å². The summed E-state index contributed by atoms with van der Waals surface area (Å²) < 4.78 is 1.84. The Balaban J connectivity index is 1.24. The fourth-order valence-corrected chi connectivity index (χ4v) is 5.57. The highest BCUT2D eigenvalue weighted by Crippen LogP contribution is 2.35. The van der Waals surface area contributed by atoms with Crippen LogP contribution in [0.15, 0.2) is 63.3 Å². The van der Waals surface area contributed by atoms with Crippen molar-refractivity contribution in [3.8, 4) is 5.88 Å². The van der Waals surface area contributed by atoms with Crippen LogP contribution in [0.1, 0.15) is 29.2 Å². The number of thioether (sulfide) groups is 1. The lowest BCUT2D eigenvalue weighted by atomic mass is 9.83. The van der Waals surface area contributed by atoms with Crippen LogP contribution >= 0.6 is 11.8 Å². The minimum atomic E-state index is -0.407. The third kappa shape index (κ3) is 4.45. The molecule has 0 radical (unpaired) electrons. The standard InChI is InChI=1S/C24H24N4O4S/c29-20-8-4-7-19-17-9-16(12-28(19)20)11-27(13-17)21(30)14-33-24-25-22(31)18(23(32)26-24)10-15-5-2-1-3-6-15/h1-8,16-17H,9-14H2,(H2,25,26,31,32)/t16-,17+/m0/s1. The van der Waals surface area contributed by atoms with Crippen molar-refractivity contribution in [3.05, 3.63) is 86.1 Å². The predicted molar refractivity (Wildman–Crippen MR) is 125 cm³/mol. The van der Waals surface area contributed by atoms with Crippen molar-refractivity contribution >= 4 is 17.7 Å². The van der Waals surface area contributed by atoms with E-state index in [9.17, 15) is 19.5 Å². The molecule has 5 rings (SSSR count). The zero-order chi connectivity index (χ0) is 22.9. The van der Waals surface area contributed by atoms with Gasteiger partial charge in [-0.3, -0.25) is 14.4 Å². The molecular weight excluding hydrogens is 440 g/mol. The highest BCUT2D eigenvalue weighted by molar-refractivity contribution is 7.99. The Morgan fingerprint density at radius 2 is 1.91 bits per heavy atom. The second-order valence-corrected chi connectivity index (χ2v) is 9.59. The Labute approximate surface area is 194 Å². The van der Waals surface area contributed by atoms with Gasteiger partial charge in [-0.05, 0) is 24.0 Å². The van der Waals surface area contributed by atoms with Gasteiger partial charge >= 0.3 is 0 Å². The van der Waals surface area contributed by atoms with Crippen LogP contribution in [-0.2, 0) is 17.8 Å². The van der Waals surface area contributed by atoms with Crippen molar-refractivity contribution in [2.45, 2.75) is 30.5 Å². The Bertz CT molecular complexity index is 1300. The number of fused-ring (bicyclic) bond motifs is 4. The molecule has 0 unspecified atom stereocenters. The second-order valence-electron chi connectivity index (χ2n) is 8.62. The molecule has 8 nitrogen and oxygen atoms in total. The number of aromatic nitrogens is 3. The number of likely N-dealkylation sites (tertiary alicyclic amines) is 1. The van der Waals surface area contributed by atoms with Gasteiger partial charge in [0.2, 0.25) is 11.8 Å². The average Bonchev–Trinajstić information content (AvgIpc) is 2.81. The molecule has 0 saturated carbocycles. The molecule has 1 fully saturated rings. The van der Waals surface area contributed by atoms with Crippen molar-refractivity contribution in [3.63, 3.8) is 0 Å². The molecule has 1 amide bonds. The zero-order valence-electron chi connectivity index (χ0n) is 17.9. The molecular formula is C24H24N4O4S. The maximum Gasteiger partial charge on any atom is 0.258 e. The first-order valence-electron chi connectivity index (χ1n) is 10.9. The van der Waals surface area contributed by atoms with Gasteiger partial charge in [0, 0.05) is 43.7 Å². The van der Waals surface area contributed by atoms with E-state index >= 15 is 0 Å². The van der Waals surface area contributed by atoms with Gasteiger partial charge in [-0.15, -0.1) is 0 Å². The lowest BCUT2D eigenvalue weighted by Gasteiger charge is -2.42. The molecule has 2 bridgehead atoms. The highest BCUT2D eigenvalue weighted by Gasteiger charge is 2.36. The fraction of sp³-hybridized carbons (Fsp3) is 0.333. The van der Waals surface area contributed by atoms with Crippen LogP contribution in [0.5, 0.6) is 5.88 Å². The van der Waals surface area contributed by atoms with Crippen molar-refractivity contribution in [1.29, 1.82) is 0 Å². The Morgan fingerprint density at radius 1 is 1.09 bits per heavy atom. The summed E-state index contributed by atoms with van der Waals surface area (Å²) >= 11 is 1.11. The van der Waals surface area contributed by atoms with E-state index in [0.717, 1.165) is 29.4 Å².